The molecule has 0 bridgehead atoms. The van der Waals surface area contributed by atoms with E-state index in [1.807, 2.05) is 0 Å². The van der Waals surface area contributed by atoms with Crippen LogP contribution in [0.15, 0.2) is 42.5 Å². The maximum atomic E-state index is 13.5. The van der Waals surface area contributed by atoms with Gasteiger partial charge in [0.15, 0.2) is 0 Å². The number of ether oxygens (including phenoxy) is 1. The standard InChI is InChI=1S/C23H22ClF6NO2/c1-33-21(32)11-14-8-9-31(13-16-12-18(24)6-7-19(16)23(28,29)30)20(10-14)15-2-4-17(5-3-15)22(25,26)27/h2-7,12,14,20H,8-11,13H2,1H3/t14-,20+/m1/s1. The van der Waals surface area contributed by atoms with Gasteiger partial charge in [-0.25, -0.2) is 0 Å². The van der Waals surface area contributed by atoms with Crippen LogP contribution in [0.25, 0.3) is 0 Å². The van der Waals surface area contributed by atoms with Gasteiger partial charge in [-0.2, -0.15) is 26.3 Å². The summed E-state index contributed by atoms with van der Waals surface area (Å²) in [5, 5.41) is 0.157. The number of hydrogen-bond acceptors (Lipinski definition) is 3. The molecule has 1 heterocycles. The number of nitrogens with zero attached hydrogens (tertiary/aromatic N) is 1. The molecule has 0 aliphatic carbocycles. The molecule has 3 nitrogen and oxygen atoms in total. The number of carbonyl (C=O) groups excluding carboxylic acids is 1. The second-order valence-electron chi connectivity index (χ2n) is 8.08. The Balaban J connectivity index is 1.93. The number of piperidine rings is 1. The molecule has 0 unspecified atom stereocenters. The number of alkyl halides is 6. The third-order valence-corrected chi connectivity index (χ3v) is 6.11. The first kappa shape index (κ1) is 25.4. The van der Waals surface area contributed by atoms with Crippen LogP contribution in [0.5, 0.6) is 0 Å². The summed E-state index contributed by atoms with van der Waals surface area (Å²) in [6.07, 6.45) is -8.02. The Bertz CT molecular complexity index is 974. The zero-order valence-electron chi connectivity index (χ0n) is 17.6. The highest BCUT2D eigenvalue weighted by Gasteiger charge is 2.37. The Morgan fingerprint density at radius 3 is 2.30 bits per heavy atom. The van der Waals surface area contributed by atoms with Gasteiger partial charge in [-0.3, -0.25) is 9.69 Å². The zero-order chi connectivity index (χ0) is 24.4. The molecule has 180 valence electrons. The summed E-state index contributed by atoms with van der Waals surface area (Å²) < 4.78 is 84.3. The van der Waals surface area contributed by atoms with Crippen LogP contribution in [0.2, 0.25) is 5.02 Å². The topological polar surface area (TPSA) is 29.5 Å². The van der Waals surface area contributed by atoms with Crippen molar-refractivity contribution < 1.29 is 35.9 Å². The largest absolute Gasteiger partial charge is 0.469 e. The van der Waals surface area contributed by atoms with Crippen molar-refractivity contribution in [3.8, 4) is 0 Å². The van der Waals surface area contributed by atoms with E-state index in [2.05, 4.69) is 0 Å². The average molecular weight is 494 g/mol. The van der Waals surface area contributed by atoms with Crippen LogP contribution < -0.4 is 0 Å². The van der Waals surface area contributed by atoms with E-state index in [0.29, 0.717) is 24.9 Å². The number of halogens is 7. The molecule has 0 radical (unpaired) electrons. The highest BCUT2D eigenvalue weighted by Crippen LogP contribution is 2.40. The fraction of sp³-hybridized carbons (Fsp3) is 0.435. The van der Waals surface area contributed by atoms with Crippen LogP contribution in [0, 0.1) is 5.92 Å². The predicted molar refractivity (Wildman–Crippen MR) is 110 cm³/mol. The van der Waals surface area contributed by atoms with Gasteiger partial charge in [-0.15, -0.1) is 0 Å². The highest BCUT2D eigenvalue weighted by molar-refractivity contribution is 6.30. The van der Waals surface area contributed by atoms with E-state index in [1.165, 1.54) is 31.4 Å². The van der Waals surface area contributed by atoms with Gasteiger partial charge in [0, 0.05) is 24.0 Å². The van der Waals surface area contributed by atoms with Crippen molar-refractivity contribution in [3.05, 3.63) is 69.7 Å². The molecule has 3 rings (SSSR count). The molecule has 0 spiro atoms. The van der Waals surface area contributed by atoms with Crippen molar-refractivity contribution in [1.29, 1.82) is 0 Å². The van der Waals surface area contributed by atoms with E-state index in [1.54, 1.807) is 4.90 Å². The van der Waals surface area contributed by atoms with Gasteiger partial charge in [0.2, 0.25) is 0 Å². The van der Waals surface area contributed by atoms with Gasteiger partial charge in [0.1, 0.15) is 0 Å². The minimum Gasteiger partial charge on any atom is -0.469 e. The van der Waals surface area contributed by atoms with Crippen molar-refractivity contribution in [2.45, 2.75) is 44.2 Å². The van der Waals surface area contributed by atoms with E-state index in [9.17, 15) is 31.1 Å². The van der Waals surface area contributed by atoms with Crippen molar-refractivity contribution in [2.75, 3.05) is 13.7 Å². The van der Waals surface area contributed by atoms with Crippen LogP contribution in [-0.4, -0.2) is 24.5 Å². The Kier molecular flexibility index (Phi) is 7.63. The third-order valence-electron chi connectivity index (χ3n) is 5.87. The smallest absolute Gasteiger partial charge is 0.416 e. The highest BCUT2D eigenvalue weighted by atomic mass is 35.5. The van der Waals surface area contributed by atoms with E-state index in [4.69, 9.17) is 16.3 Å². The van der Waals surface area contributed by atoms with Gasteiger partial charge >= 0.3 is 18.3 Å². The summed E-state index contributed by atoms with van der Waals surface area (Å²) in [5.41, 5.74) is -1.10. The number of likely N-dealkylation sites (tertiary alicyclic amines) is 1. The summed E-state index contributed by atoms with van der Waals surface area (Å²) >= 11 is 5.95. The molecular weight excluding hydrogens is 472 g/mol. The molecule has 1 aliphatic rings. The minimum absolute atomic E-state index is 0.0154. The Labute approximate surface area is 192 Å². The summed E-state index contributed by atoms with van der Waals surface area (Å²) in [5.74, 6) is -0.517. The molecule has 0 aromatic heterocycles. The van der Waals surface area contributed by atoms with E-state index in [0.717, 1.165) is 18.2 Å². The second-order valence-corrected chi connectivity index (χ2v) is 8.51. The van der Waals surface area contributed by atoms with Gasteiger partial charge in [0.05, 0.1) is 18.2 Å². The van der Waals surface area contributed by atoms with Crippen molar-refractivity contribution in [3.63, 3.8) is 0 Å². The number of benzene rings is 2. The summed E-state index contributed by atoms with van der Waals surface area (Å²) in [4.78, 5) is 13.5. The zero-order valence-corrected chi connectivity index (χ0v) is 18.4. The van der Waals surface area contributed by atoms with Crippen LogP contribution in [0.4, 0.5) is 26.3 Å². The van der Waals surface area contributed by atoms with Crippen molar-refractivity contribution >= 4 is 17.6 Å². The van der Waals surface area contributed by atoms with Crippen LogP contribution in [-0.2, 0) is 28.4 Å². The quantitative estimate of drug-likeness (QED) is 0.335. The Morgan fingerprint density at radius 1 is 1.06 bits per heavy atom. The average Bonchev–Trinajstić information content (AvgIpc) is 2.73. The first-order valence-electron chi connectivity index (χ1n) is 10.2. The lowest BCUT2D eigenvalue weighted by atomic mass is 9.84. The summed E-state index contributed by atoms with van der Waals surface area (Å²) in [7, 11) is 1.27. The summed E-state index contributed by atoms with van der Waals surface area (Å²) in [6, 6.07) is 7.46. The third kappa shape index (κ3) is 6.41. The van der Waals surface area contributed by atoms with E-state index >= 15 is 0 Å². The molecule has 1 aliphatic heterocycles. The Hall–Kier alpha value is -2.26. The maximum absolute atomic E-state index is 13.5. The maximum Gasteiger partial charge on any atom is 0.416 e. The number of methoxy groups -OCH3 is 1. The molecule has 1 saturated heterocycles. The van der Waals surface area contributed by atoms with Gasteiger partial charge < -0.3 is 4.74 Å². The first-order chi connectivity index (χ1) is 15.4. The SMILES string of the molecule is COC(=O)C[C@@H]1CCN(Cc2cc(Cl)ccc2C(F)(F)F)[C@H](c2ccc(C(F)(F)F)cc2)C1. The van der Waals surface area contributed by atoms with Crippen LogP contribution in [0.3, 0.4) is 0 Å². The fourth-order valence-electron chi connectivity index (χ4n) is 4.21. The number of esters is 1. The van der Waals surface area contributed by atoms with Gasteiger partial charge in [0.25, 0.3) is 0 Å². The lowest BCUT2D eigenvalue weighted by Crippen LogP contribution is -2.37. The van der Waals surface area contributed by atoms with E-state index in [-0.39, 0.29) is 29.5 Å². The van der Waals surface area contributed by atoms with Crippen molar-refractivity contribution in [2.24, 2.45) is 5.92 Å². The number of carbonyl (C=O) groups is 1. The van der Waals surface area contributed by atoms with Gasteiger partial charge in [-0.1, -0.05) is 23.7 Å². The van der Waals surface area contributed by atoms with Crippen LogP contribution in [0.1, 0.15) is 47.6 Å². The predicted octanol–water partition coefficient (Wildman–Crippen LogP) is 6.89. The first-order valence-corrected chi connectivity index (χ1v) is 10.6. The monoisotopic (exact) mass is 493 g/mol. The molecule has 33 heavy (non-hydrogen) atoms. The molecule has 10 heteroatoms. The van der Waals surface area contributed by atoms with Crippen molar-refractivity contribution in [1.82, 2.24) is 4.90 Å². The Morgan fingerprint density at radius 2 is 1.73 bits per heavy atom. The molecule has 0 N–H and O–H groups in total. The molecular formula is C23H22ClF6NO2. The molecule has 2 aromatic carbocycles. The molecule has 0 amide bonds. The lowest BCUT2D eigenvalue weighted by molar-refractivity contribution is -0.142. The van der Waals surface area contributed by atoms with Gasteiger partial charge in [-0.05, 0) is 66.8 Å². The minimum atomic E-state index is -4.58. The summed E-state index contributed by atoms with van der Waals surface area (Å²) in [6.45, 7) is 0.267. The normalized spacial score (nSPS) is 20.0. The molecule has 0 saturated carbocycles. The van der Waals surface area contributed by atoms with E-state index < -0.39 is 35.5 Å². The number of rotatable bonds is 5. The fourth-order valence-corrected chi connectivity index (χ4v) is 4.40. The second kappa shape index (κ2) is 9.93. The molecule has 1 fully saturated rings. The van der Waals surface area contributed by atoms with Crippen LogP contribution >= 0.6 is 11.6 Å². The molecule has 2 aromatic rings. The lowest BCUT2D eigenvalue weighted by Gasteiger charge is -2.40. The number of hydrogen-bond donors (Lipinski definition) is 0. The molecule has 2 atom stereocenters.